The fourth-order valence-corrected chi connectivity index (χ4v) is 3.53. The SMILES string of the molecule is CC[C@@H](C)N(Cc1cc(NC(=O)CC(C)(C)C)ccc1N(C)C)C(=O)c1cccc(F)c1. The van der Waals surface area contributed by atoms with Gasteiger partial charge in [-0.25, -0.2) is 4.39 Å². The van der Waals surface area contributed by atoms with Crippen LogP contribution in [0, 0.1) is 11.2 Å². The highest BCUT2D eigenvalue weighted by Gasteiger charge is 2.23. The Balaban J connectivity index is 2.38. The molecule has 0 bridgehead atoms. The van der Waals surface area contributed by atoms with Crippen LogP contribution in [-0.4, -0.2) is 36.9 Å². The number of hydrogen-bond donors (Lipinski definition) is 1. The average Bonchev–Trinajstić information content (AvgIpc) is 2.69. The summed E-state index contributed by atoms with van der Waals surface area (Å²) >= 11 is 0. The summed E-state index contributed by atoms with van der Waals surface area (Å²) in [6.45, 7) is 10.4. The molecule has 2 aromatic rings. The van der Waals surface area contributed by atoms with Crippen molar-refractivity contribution in [1.29, 1.82) is 0 Å². The van der Waals surface area contributed by atoms with Crippen LogP contribution in [0.15, 0.2) is 42.5 Å². The van der Waals surface area contributed by atoms with E-state index < -0.39 is 5.82 Å². The Bertz CT molecular complexity index is 950. The highest BCUT2D eigenvalue weighted by Crippen LogP contribution is 2.27. The molecule has 0 saturated carbocycles. The Kier molecular flexibility index (Phi) is 8.42. The predicted octanol–water partition coefficient (Wildman–Crippen LogP) is 5.71. The van der Waals surface area contributed by atoms with Gasteiger partial charge in [0.1, 0.15) is 5.82 Å². The molecule has 2 amide bonds. The molecule has 1 N–H and O–H groups in total. The second kappa shape index (κ2) is 10.6. The third-order valence-electron chi connectivity index (χ3n) is 5.33. The monoisotopic (exact) mass is 441 g/mol. The first-order valence-electron chi connectivity index (χ1n) is 11.1. The predicted molar refractivity (Wildman–Crippen MR) is 129 cm³/mol. The molecule has 0 radical (unpaired) electrons. The highest BCUT2D eigenvalue weighted by atomic mass is 19.1. The van der Waals surface area contributed by atoms with Crippen molar-refractivity contribution in [2.75, 3.05) is 24.3 Å². The van der Waals surface area contributed by atoms with Gasteiger partial charge in [0.25, 0.3) is 5.91 Å². The quantitative estimate of drug-likeness (QED) is 0.571. The molecule has 0 aliphatic heterocycles. The van der Waals surface area contributed by atoms with E-state index in [0.29, 0.717) is 24.2 Å². The van der Waals surface area contributed by atoms with E-state index in [9.17, 15) is 14.0 Å². The second-order valence-electron chi connectivity index (χ2n) is 9.72. The van der Waals surface area contributed by atoms with Crippen LogP contribution >= 0.6 is 0 Å². The Morgan fingerprint density at radius 1 is 1.09 bits per heavy atom. The van der Waals surface area contributed by atoms with Crippen molar-refractivity contribution in [3.8, 4) is 0 Å². The summed E-state index contributed by atoms with van der Waals surface area (Å²) in [7, 11) is 3.89. The minimum atomic E-state index is -0.433. The number of anilines is 2. The van der Waals surface area contributed by atoms with Gasteiger partial charge in [-0.1, -0.05) is 33.8 Å². The maximum atomic E-state index is 13.7. The van der Waals surface area contributed by atoms with Gasteiger partial charge in [0, 0.05) is 50.0 Å². The van der Waals surface area contributed by atoms with E-state index >= 15 is 0 Å². The van der Waals surface area contributed by atoms with Gasteiger partial charge in [-0.15, -0.1) is 0 Å². The third-order valence-corrected chi connectivity index (χ3v) is 5.33. The molecule has 174 valence electrons. The minimum absolute atomic E-state index is 0.0417. The zero-order valence-electron chi connectivity index (χ0n) is 20.3. The lowest BCUT2D eigenvalue weighted by molar-refractivity contribution is -0.117. The van der Waals surface area contributed by atoms with Gasteiger partial charge in [-0.3, -0.25) is 9.59 Å². The molecule has 0 unspecified atom stereocenters. The van der Waals surface area contributed by atoms with E-state index in [1.54, 1.807) is 17.0 Å². The molecule has 0 spiro atoms. The van der Waals surface area contributed by atoms with Crippen molar-refractivity contribution in [1.82, 2.24) is 4.90 Å². The van der Waals surface area contributed by atoms with Crippen molar-refractivity contribution < 1.29 is 14.0 Å². The van der Waals surface area contributed by atoms with Gasteiger partial charge in [0.2, 0.25) is 5.91 Å². The molecule has 0 aromatic heterocycles. The van der Waals surface area contributed by atoms with Crippen LogP contribution in [0.5, 0.6) is 0 Å². The molecular formula is C26H36FN3O2. The first-order chi connectivity index (χ1) is 14.9. The maximum absolute atomic E-state index is 13.7. The zero-order chi connectivity index (χ0) is 24.1. The van der Waals surface area contributed by atoms with E-state index in [4.69, 9.17) is 0 Å². The summed E-state index contributed by atoms with van der Waals surface area (Å²) < 4.78 is 13.7. The summed E-state index contributed by atoms with van der Waals surface area (Å²) in [4.78, 5) is 29.5. The first kappa shape index (κ1) is 25.4. The first-order valence-corrected chi connectivity index (χ1v) is 11.1. The number of amides is 2. The van der Waals surface area contributed by atoms with Crippen LogP contribution in [0.25, 0.3) is 0 Å². The molecular weight excluding hydrogens is 405 g/mol. The van der Waals surface area contributed by atoms with Crippen LogP contribution in [0.3, 0.4) is 0 Å². The van der Waals surface area contributed by atoms with E-state index in [1.807, 2.05) is 71.8 Å². The topological polar surface area (TPSA) is 52.7 Å². The van der Waals surface area contributed by atoms with Crippen LogP contribution in [0.2, 0.25) is 0 Å². The Morgan fingerprint density at radius 3 is 2.34 bits per heavy atom. The average molecular weight is 442 g/mol. The molecule has 2 rings (SSSR count). The Morgan fingerprint density at radius 2 is 1.78 bits per heavy atom. The number of carbonyl (C=O) groups excluding carboxylic acids is 2. The van der Waals surface area contributed by atoms with Gasteiger partial charge in [-0.05, 0) is 60.7 Å². The number of rotatable bonds is 8. The van der Waals surface area contributed by atoms with Gasteiger partial charge in [-0.2, -0.15) is 0 Å². The number of carbonyl (C=O) groups is 2. The van der Waals surface area contributed by atoms with Crippen molar-refractivity contribution >= 4 is 23.2 Å². The summed E-state index contributed by atoms with van der Waals surface area (Å²) in [5, 5.41) is 2.98. The third kappa shape index (κ3) is 7.08. The van der Waals surface area contributed by atoms with Crippen LogP contribution < -0.4 is 10.2 Å². The van der Waals surface area contributed by atoms with Crippen molar-refractivity contribution in [2.45, 2.75) is 60.0 Å². The highest BCUT2D eigenvalue weighted by molar-refractivity contribution is 5.94. The fraction of sp³-hybridized carbons (Fsp3) is 0.462. The van der Waals surface area contributed by atoms with Crippen molar-refractivity contribution in [2.24, 2.45) is 5.41 Å². The van der Waals surface area contributed by atoms with E-state index in [-0.39, 0.29) is 23.3 Å². The van der Waals surface area contributed by atoms with Crippen LogP contribution in [0.1, 0.15) is 63.4 Å². The molecule has 1 atom stereocenters. The standard InChI is InChI=1S/C26H36FN3O2/c1-8-18(2)30(25(32)19-10-9-11-21(27)14-19)17-20-15-22(12-13-23(20)29(6)7)28-24(31)16-26(3,4)5/h9-15,18H,8,16-17H2,1-7H3,(H,28,31)/t18-/m1/s1. The van der Waals surface area contributed by atoms with Gasteiger partial charge in [0.15, 0.2) is 0 Å². The number of nitrogens with zero attached hydrogens (tertiary/aromatic N) is 2. The van der Waals surface area contributed by atoms with Crippen molar-refractivity contribution in [3.05, 3.63) is 59.4 Å². The number of benzene rings is 2. The lowest BCUT2D eigenvalue weighted by atomic mass is 9.92. The van der Waals surface area contributed by atoms with Crippen LogP contribution in [0.4, 0.5) is 15.8 Å². The van der Waals surface area contributed by atoms with Crippen LogP contribution in [-0.2, 0) is 11.3 Å². The Hall–Kier alpha value is -2.89. The normalized spacial score (nSPS) is 12.2. The summed E-state index contributed by atoms with van der Waals surface area (Å²) in [6, 6.07) is 11.5. The fourth-order valence-electron chi connectivity index (χ4n) is 3.53. The van der Waals surface area contributed by atoms with Crippen molar-refractivity contribution in [3.63, 3.8) is 0 Å². The van der Waals surface area contributed by atoms with E-state index in [2.05, 4.69) is 5.32 Å². The molecule has 0 heterocycles. The number of hydrogen-bond acceptors (Lipinski definition) is 3. The van der Waals surface area contributed by atoms with Gasteiger partial charge >= 0.3 is 0 Å². The molecule has 32 heavy (non-hydrogen) atoms. The molecule has 0 aliphatic rings. The smallest absolute Gasteiger partial charge is 0.254 e. The lowest BCUT2D eigenvalue weighted by Gasteiger charge is -2.31. The summed E-state index contributed by atoms with van der Waals surface area (Å²) in [5.74, 6) is -0.695. The minimum Gasteiger partial charge on any atom is -0.377 e. The molecule has 5 nitrogen and oxygen atoms in total. The van der Waals surface area contributed by atoms with Gasteiger partial charge in [0.05, 0.1) is 0 Å². The number of nitrogens with one attached hydrogen (secondary N) is 1. The summed E-state index contributed by atoms with van der Waals surface area (Å²) in [5.41, 5.74) is 2.78. The molecule has 0 aliphatic carbocycles. The van der Waals surface area contributed by atoms with Gasteiger partial charge < -0.3 is 15.1 Å². The molecule has 2 aromatic carbocycles. The molecule has 0 saturated heterocycles. The summed E-state index contributed by atoms with van der Waals surface area (Å²) in [6.07, 6.45) is 1.18. The maximum Gasteiger partial charge on any atom is 0.254 e. The Labute approximate surface area is 191 Å². The zero-order valence-corrected chi connectivity index (χ0v) is 20.3. The van der Waals surface area contributed by atoms with E-state index in [1.165, 1.54) is 12.1 Å². The molecule has 0 fully saturated rings. The second-order valence-corrected chi connectivity index (χ2v) is 9.72. The molecule has 6 heteroatoms. The largest absolute Gasteiger partial charge is 0.377 e. The number of halogens is 1. The lowest BCUT2D eigenvalue weighted by Crippen LogP contribution is -2.38. The van der Waals surface area contributed by atoms with E-state index in [0.717, 1.165) is 17.7 Å².